The van der Waals surface area contributed by atoms with Gasteiger partial charge in [0.25, 0.3) is 0 Å². The molecule has 0 fully saturated rings. The molecule has 0 aromatic carbocycles. The van der Waals surface area contributed by atoms with Crippen LogP contribution in [0.1, 0.15) is 26.7 Å². The van der Waals surface area contributed by atoms with Gasteiger partial charge in [-0.15, -0.1) is 0 Å². The van der Waals surface area contributed by atoms with E-state index < -0.39 is 5.92 Å². The number of nitriles is 1. The molecule has 0 aromatic heterocycles. The van der Waals surface area contributed by atoms with Crippen LogP contribution in [0.15, 0.2) is 0 Å². The van der Waals surface area contributed by atoms with Gasteiger partial charge in [0.2, 0.25) is 5.91 Å². The van der Waals surface area contributed by atoms with E-state index >= 15 is 0 Å². The highest BCUT2D eigenvalue weighted by Gasteiger charge is 2.09. The summed E-state index contributed by atoms with van der Waals surface area (Å²) < 4.78 is 0. The summed E-state index contributed by atoms with van der Waals surface area (Å²) in [6.07, 6.45) is 2.03. The SMILES string of the molecule is CCCCNC(=O)C(C)C#N. The number of unbranched alkanes of at least 4 members (excludes halogenated alkanes) is 1. The lowest BCUT2D eigenvalue weighted by atomic mass is 10.2. The Kier molecular flexibility index (Phi) is 5.18. The van der Waals surface area contributed by atoms with E-state index in [0.717, 1.165) is 12.8 Å². The van der Waals surface area contributed by atoms with Gasteiger partial charge in [0.15, 0.2) is 0 Å². The van der Waals surface area contributed by atoms with Crippen molar-refractivity contribution in [2.45, 2.75) is 26.7 Å². The number of nitrogens with zero attached hydrogens (tertiary/aromatic N) is 1. The van der Waals surface area contributed by atoms with Crippen LogP contribution in [0.25, 0.3) is 0 Å². The van der Waals surface area contributed by atoms with E-state index in [-0.39, 0.29) is 5.91 Å². The van der Waals surface area contributed by atoms with Crippen LogP contribution >= 0.6 is 0 Å². The monoisotopic (exact) mass is 154 g/mol. The lowest BCUT2D eigenvalue weighted by Gasteiger charge is -2.03. The second kappa shape index (κ2) is 5.72. The van der Waals surface area contributed by atoms with Gasteiger partial charge in [0.1, 0.15) is 5.92 Å². The Morgan fingerprint density at radius 3 is 2.82 bits per heavy atom. The minimum atomic E-state index is -0.521. The third kappa shape index (κ3) is 4.38. The number of nitrogens with one attached hydrogen (secondary N) is 1. The topological polar surface area (TPSA) is 52.9 Å². The van der Waals surface area contributed by atoms with Crippen LogP contribution in [0, 0.1) is 17.2 Å². The van der Waals surface area contributed by atoms with E-state index in [1.54, 1.807) is 6.92 Å². The van der Waals surface area contributed by atoms with Gasteiger partial charge in [-0.2, -0.15) is 5.26 Å². The number of rotatable bonds is 4. The highest BCUT2D eigenvalue weighted by atomic mass is 16.1. The molecule has 1 amide bonds. The zero-order valence-electron chi connectivity index (χ0n) is 7.05. The van der Waals surface area contributed by atoms with Crippen LogP contribution in [-0.2, 0) is 4.79 Å². The van der Waals surface area contributed by atoms with E-state index in [1.165, 1.54) is 0 Å². The second-order valence-corrected chi connectivity index (χ2v) is 2.50. The van der Waals surface area contributed by atoms with Crippen LogP contribution < -0.4 is 5.32 Å². The number of carbonyl (C=O) groups is 1. The summed E-state index contributed by atoms with van der Waals surface area (Å²) in [6, 6.07) is 1.88. The average molecular weight is 154 g/mol. The lowest BCUT2D eigenvalue weighted by Crippen LogP contribution is -2.29. The molecule has 0 aliphatic carbocycles. The first-order chi connectivity index (χ1) is 5.22. The van der Waals surface area contributed by atoms with Crippen molar-refractivity contribution in [1.82, 2.24) is 5.32 Å². The molecule has 0 aromatic rings. The molecule has 3 heteroatoms. The van der Waals surface area contributed by atoms with Crippen LogP contribution in [-0.4, -0.2) is 12.5 Å². The van der Waals surface area contributed by atoms with E-state index in [4.69, 9.17) is 5.26 Å². The number of amides is 1. The summed E-state index contributed by atoms with van der Waals surface area (Å²) in [6.45, 7) is 4.34. The smallest absolute Gasteiger partial charge is 0.237 e. The number of hydrogen-bond acceptors (Lipinski definition) is 2. The van der Waals surface area contributed by atoms with Gasteiger partial charge in [-0.05, 0) is 13.3 Å². The van der Waals surface area contributed by atoms with Crippen LogP contribution in [0.3, 0.4) is 0 Å². The van der Waals surface area contributed by atoms with Crippen molar-refractivity contribution in [3.8, 4) is 6.07 Å². The summed E-state index contributed by atoms with van der Waals surface area (Å²) in [5.74, 6) is -0.687. The van der Waals surface area contributed by atoms with Gasteiger partial charge in [-0.1, -0.05) is 13.3 Å². The van der Waals surface area contributed by atoms with E-state index in [9.17, 15) is 4.79 Å². The fourth-order valence-corrected chi connectivity index (χ4v) is 0.600. The predicted molar refractivity (Wildman–Crippen MR) is 42.7 cm³/mol. The van der Waals surface area contributed by atoms with Crippen molar-refractivity contribution >= 4 is 5.91 Å². The maximum absolute atomic E-state index is 10.9. The molecule has 0 bridgehead atoms. The molecule has 0 saturated heterocycles. The molecule has 0 aliphatic heterocycles. The Morgan fingerprint density at radius 2 is 2.36 bits per heavy atom. The van der Waals surface area contributed by atoms with E-state index in [0.29, 0.717) is 6.54 Å². The second-order valence-electron chi connectivity index (χ2n) is 2.50. The highest BCUT2D eigenvalue weighted by molar-refractivity contribution is 5.80. The summed E-state index contributed by atoms with van der Waals surface area (Å²) in [4.78, 5) is 10.9. The Morgan fingerprint density at radius 1 is 1.73 bits per heavy atom. The summed E-state index contributed by atoms with van der Waals surface area (Å²) in [5, 5.41) is 11.0. The number of hydrogen-bond donors (Lipinski definition) is 1. The largest absolute Gasteiger partial charge is 0.355 e. The molecule has 0 spiro atoms. The fraction of sp³-hybridized carbons (Fsp3) is 0.750. The van der Waals surface area contributed by atoms with Gasteiger partial charge in [-0.3, -0.25) is 4.79 Å². The van der Waals surface area contributed by atoms with Crippen molar-refractivity contribution in [2.24, 2.45) is 5.92 Å². The lowest BCUT2D eigenvalue weighted by molar-refractivity contribution is -0.122. The van der Waals surface area contributed by atoms with Crippen molar-refractivity contribution in [3.05, 3.63) is 0 Å². The minimum Gasteiger partial charge on any atom is -0.355 e. The first kappa shape index (κ1) is 9.96. The van der Waals surface area contributed by atoms with Gasteiger partial charge in [0, 0.05) is 6.54 Å². The predicted octanol–water partition coefficient (Wildman–Crippen LogP) is 1.06. The molecular formula is C8H14N2O. The highest BCUT2D eigenvalue weighted by Crippen LogP contribution is 1.91. The third-order valence-electron chi connectivity index (χ3n) is 1.42. The Labute approximate surface area is 67.4 Å². The average Bonchev–Trinajstić information content (AvgIpc) is 2.03. The molecule has 0 heterocycles. The molecule has 0 aliphatic rings. The fourth-order valence-electron chi connectivity index (χ4n) is 0.600. The van der Waals surface area contributed by atoms with Crippen molar-refractivity contribution in [2.75, 3.05) is 6.54 Å². The summed E-state index contributed by atoms with van der Waals surface area (Å²) in [7, 11) is 0. The van der Waals surface area contributed by atoms with Gasteiger partial charge in [-0.25, -0.2) is 0 Å². The molecule has 0 rings (SSSR count). The quantitative estimate of drug-likeness (QED) is 0.615. The third-order valence-corrected chi connectivity index (χ3v) is 1.42. The molecule has 3 nitrogen and oxygen atoms in total. The summed E-state index contributed by atoms with van der Waals surface area (Å²) >= 11 is 0. The molecule has 1 N–H and O–H groups in total. The van der Waals surface area contributed by atoms with Crippen molar-refractivity contribution in [3.63, 3.8) is 0 Å². The number of carbonyl (C=O) groups excluding carboxylic acids is 1. The van der Waals surface area contributed by atoms with Gasteiger partial charge in [0.05, 0.1) is 6.07 Å². The molecule has 11 heavy (non-hydrogen) atoms. The zero-order chi connectivity index (χ0) is 8.69. The van der Waals surface area contributed by atoms with Gasteiger partial charge >= 0.3 is 0 Å². The van der Waals surface area contributed by atoms with Gasteiger partial charge < -0.3 is 5.32 Å². The normalized spacial score (nSPS) is 11.7. The first-order valence-corrected chi connectivity index (χ1v) is 3.89. The Bertz CT molecular complexity index is 160. The first-order valence-electron chi connectivity index (χ1n) is 3.89. The maximum Gasteiger partial charge on any atom is 0.237 e. The molecule has 1 unspecified atom stereocenters. The zero-order valence-corrected chi connectivity index (χ0v) is 7.05. The van der Waals surface area contributed by atoms with E-state index in [1.807, 2.05) is 6.07 Å². The van der Waals surface area contributed by atoms with Crippen LogP contribution in [0.2, 0.25) is 0 Å². The molecular weight excluding hydrogens is 140 g/mol. The molecule has 0 radical (unpaired) electrons. The molecule has 1 atom stereocenters. The molecule has 0 saturated carbocycles. The standard InChI is InChI=1S/C8H14N2O/c1-3-4-5-10-8(11)7(2)6-9/h7H,3-5H2,1-2H3,(H,10,11). The Balaban J connectivity index is 3.46. The van der Waals surface area contributed by atoms with Crippen LogP contribution in [0.4, 0.5) is 0 Å². The molecule has 62 valence electrons. The summed E-state index contributed by atoms with van der Waals surface area (Å²) in [5.41, 5.74) is 0. The van der Waals surface area contributed by atoms with Crippen molar-refractivity contribution in [1.29, 1.82) is 5.26 Å². The Hall–Kier alpha value is -1.04. The van der Waals surface area contributed by atoms with Crippen LogP contribution in [0.5, 0.6) is 0 Å². The van der Waals surface area contributed by atoms with E-state index in [2.05, 4.69) is 12.2 Å². The maximum atomic E-state index is 10.9. The minimum absolute atomic E-state index is 0.166. The van der Waals surface area contributed by atoms with Crippen molar-refractivity contribution < 1.29 is 4.79 Å².